The minimum absolute atomic E-state index is 0.310. The van der Waals surface area contributed by atoms with E-state index in [-0.39, 0.29) is 5.97 Å². The molecular formula is C21H37O2. The Morgan fingerprint density at radius 2 is 1.52 bits per heavy atom. The summed E-state index contributed by atoms with van der Waals surface area (Å²) in [6, 6.07) is 0. The van der Waals surface area contributed by atoms with Gasteiger partial charge in [0.05, 0.1) is 6.61 Å². The molecule has 1 radical (unpaired) electrons. The number of ether oxygens (including phenoxy) is 1. The number of hydrogen-bond donors (Lipinski definition) is 0. The van der Waals surface area contributed by atoms with Gasteiger partial charge >= 0.3 is 5.97 Å². The molecule has 0 saturated carbocycles. The van der Waals surface area contributed by atoms with Crippen molar-refractivity contribution in [3.8, 4) is 0 Å². The lowest BCUT2D eigenvalue weighted by atomic mass is 10.1. The van der Waals surface area contributed by atoms with Crippen molar-refractivity contribution in [2.24, 2.45) is 0 Å². The standard InChI is InChI=1S/C21H37O2/c1-3-5-6-7-8-9-10-11-12-13-14-15-16-17-18-19-20-23-21(22)4-2/h4,9,11-12H,2-3,5-8,10,13-20H2,1H3. The molecule has 0 saturated heterocycles. The van der Waals surface area contributed by atoms with E-state index >= 15 is 0 Å². The van der Waals surface area contributed by atoms with Crippen LogP contribution in [0.5, 0.6) is 0 Å². The molecule has 0 bridgehead atoms. The zero-order chi connectivity index (χ0) is 17.0. The Balaban J connectivity index is 3.10. The van der Waals surface area contributed by atoms with E-state index in [0.717, 1.165) is 19.3 Å². The van der Waals surface area contributed by atoms with Crippen molar-refractivity contribution < 1.29 is 9.53 Å². The second-order valence-corrected chi connectivity index (χ2v) is 6.13. The molecule has 0 N–H and O–H groups in total. The fourth-order valence-corrected chi connectivity index (χ4v) is 2.45. The van der Waals surface area contributed by atoms with Crippen molar-refractivity contribution in [3.05, 3.63) is 31.2 Å². The van der Waals surface area contributed by atoms with E-state index in [0.29, 0.717) is 6.61 Å². The first-order valence-corrected chi connectivity index (χ1v) is 9.57. The van der Waals surface area contributed by atoms with Crippen LogP contribution in [0.1, 0.15) is 90.4 Å². The van der Waals surface area contributed by atoms with E-state index in [2.05, 4.69) is 32.1 Å². The molecule has 0 rings (SSSR count). The Morgan fingerprint density at radius 1 is 0.870 bits per heavy atom. The average Bonchev–Trinajstić information content (AvgIpc) is 2.57. The van der Waals surface area contributed by atoms with E-state index in [1.165, 1.54) is 70.3 Å². The molecule has 133 valence electrons. The lowest BCUT2D eigenvalue weighted by molar-refractivity contribution is -0.137. The normalized spacial score (nSPS) is 11.0. The largest absolute Gasteiger partial charge is 0.463 e. The summed E-state index contributed by atoms with van der Waals surface area (Å²) in [7, 11) is 0. The van der Waals surface area contributed by atoms with Gasteiger partial charge in [-0.3, -0.25) is 0 Å². The van der Waals surface area contributed by atoms with Crippen LogP contribution in [-0.4, -0.2) is 12.6 Å². The quantitative estimate of drug-likeness (QED) is 0.131. The summed E-state index contributed by atoms with van der Waals surface area (Å²) in [5.41, 5.74) is 0. The minimum Gasteiger partial charge on any atom is -0.463 e. The third-order valence-electron chi connectivity index (χ3n) is 3.91. The van der Waals surface area contributed by atoms with Gasteiger partial charge in [-0.2, -0.15) is 0 Å². The lowest BCUT2D eigenvalue weighted by Crippen LogP contribution is -2.01. The van der Waals surface area contributed by atoms with Gasteiger partial charge in [-0.1, -0.05) is 77.0 Å². The molecule has 0 atom stereocenters. The predicted octanol–water partition coefficient (Wildman–Crippen LogP) is 6.57. The topological polar surface area (TPSA) is 26.3 Å². The van der Waals surface area contributed by atoms with Gasteiger partial charge in [0.15, 0.2) is 0 Å². The summed E-state index contributed by atoms with van der Waals surface area (Å²) in [6.45, 7) is 6.16. The van der Waals surface area contributed by atoms with E-state index < -0.39 is 0 Å². The van der Waals surface area contributed by atoms with Crippen LogP contribution in [0.25, 0.3) is 0 Å². The zero-order valence-electron chi connectivity index (χ0n) is 15.2. The van der Waals surface area contributed by atoms with Crippen LogP contribution in [0.15, 0.2) is 24.8 Å². The molecule has 2 heteroatoms. The number of unbranched alkanes of at least 4 members (excludes halogenated alkanes) is 12. The van der Waals surface area contributed by atoms with Crippen molar-refractivity contribution in [1.29, 1.82) is 0 Å². The third-order valence-corrected chi connectivity index (χ3v) is 3.91. The summed E-state index contributed by atoms with van der Waals surface area (Å²) in [4.78, 5) is 10.8. The van der Waals surface area contributed by atoms with Crippen molar-refractivity contribution in [2.45, 2.75) is 90.4 Å². The molecule has 0 aliphatic rings. The van der Waals surface area contributed by atoms with E-state index in [1.807, 2.05) is 0 Å². The first kappa shape index (κ1) is 21.9. The second kappa shape index (κ2) is 19.0. The maximum atomic E-state index is 10.8. The summed E-state index contributed by atoms with van der Waals surface area (Å²) >= 11 is 0. The van der Waals surface area contributed by atoms with Gasteiger partial charge in [-0.05, 0) is 38.5 Å². The van der Waals surface area contributed by atoms with Crippen LogP contribution in [0.4, 0.5) is 0 Å². The highest BCUT2D eigenvalue weighted by Crippen LogP contribution is 2.09. The van der Waals surface area contributed by atoms with Crippen molar-refractivity contribution in [1.82, 2.24) is 0 Å². The molecule has 0 unspecified atom stereocenters. The van der Waals surface area contributed by atoms with Crippen LogP contribution in [0.3, 0.4) is 0 Å². The Morgan fingerprint density at radius 3 is 2.26 bits per heavy atom. The Labute approximate surface area is 144 Å². The molecule has 23 heavy (non-hydrogen) atoms. The number of allylic oxidation sites excluding steroid dienone is 2. The Hall–Kier alpha value is -1.05. The maximum absolute atomic E-state index is 10.8. The predicted molar refractivity (Wildman–Crippen MR) is 100 cm³/mol. The summed E-state index contributed by atoms with van der Waals surface area (Å²) < 4.78 is 4.94. The van der Waals surface area contributed by atoms with Crippen molar-refractivity contribution in [2.75, 3.05) is 6.61 Å². The van der Waals surface area contributed by atoms with Gasteiger partial charge in [-0.25, -0.2) is 4.79 Å². The van der Waals surface area contributed by atoms with Crippen molar-refractivity contribution in [3.63, 3.8) is 0 Å². The maximum Gasteiger partial charge on any atom is 0.330 e. The number of esters is 1. The summed E-state index contributed by atoms with van der Waals surface area (Å²) in [5, 5.41) is 0. The summed E-state index contributed by atoms with van der Waals surface area (Å²) in [6.07, 6.45) is 24.6. The molecule has 0 aromatic carbocycles. The van der Waals surface area contributed by atoms with Gasteiger partial charge in [0, 0.05) is 6.08 Å². The van der Waals surface area contributed by atoms with Crippen LogP contribution < -0.4 is 0 Å². The summed E-state index contributed by atoms with van der Waals surface area (Å²) in [5.74, 6) is -0.310. The molecule has 0 aromatic heterocycles. The van der Waals surface area contributed by atoms with E-state index in [1.54, 1.807) is 0 Å². The lowest BCUT2D eigenvalue weighted by Gasteiger charge is -2.02. The first-order valence-electron chi connectivity index (χ1n) is 9.57. The van der Waals surface area contributed by atoms with E-state index in [9.17, 15) is 4.79 Å². The van der Waals surface area contributed by atoms with Crippen LogP contribution in [0.2, 0.25) is 0 Å². The zero-order valence-corrected chi connectivity index (χ0v) is 15.2. The van der Waals surface area contributed by atoms with Gasteiger partial charge in [0.1, 0.15) is 0 Å². The van der Waals surface area contributed by atoms with Crippen LogP contribution in [0, 0.1) is 6.42 Å². The van der Waals surface area contributed by atoms with Gasteiger partial charge < -0.3 is 4.74 Å². The van der Waals surface area contributed by atoms with Gasteiger partial charge in [-0.15, -0.1) is 0 Å². The van der Waals surface area contributed by atoms with Crippen LogP contribution in [-0.2, 0) is 9.53 Å². The number of carbonyl (C=O) groups is 1. The molecule has 2 nitrogen and oxygen atoms in total. The SMILES string of the molecule is C=CC(=O)OCCCCCCCCC=CC[CH]CCCCCC. The van der Waals surface area contributed by atoms with Gasteiger partial charge in [0.25, 0.3) is 0 Å². The first-order chi connectivity index (χ1) is 11.3. The number of rotatable bonds is 17. The van der Waals surface area contributed by atoms with Gasteiger partial charge in [0.2, 0.25) is 0 Å². The number of hydrogen-bond acceptors (Lipinski definition) is 2. The third kappa shape index (κ3) is 18.9. The Kier molecular flexibility index (Phi) is 18.1. The van der Waals surface area contributed by atoms with Crippen LogP contribution >= 0.6 is 0 Å². The van der Waals surface area contributed by atoms with Crippen molar-refractivity contribution >= 4 is 5.97 Å². The highest BCUT2D eigenvalue weighted by Gasteiger charge is 1.95. The molecular weight excluding hydrogens is 284 g/mol. The monoisotopic (exact) mass is 321 g/mol. The molecule has 0 spiro atoms. The highest BCUT2D eigenvalue weighted by molar-refractivity contribution is 5.81. The second-order valence-electron chi connectivity index (χ2n) is 6.13. The smallest absolute Gasteiger partial charge is 0.330 e. The molecule has 0 aliphatic heterocycles. The fraction of sp³-hybridized carbons (Fsp3) is 0.714. The molecule has 0 aliphatic carbocycles. The molecule has 0 fully saturated rings. The number of carbonyl (C=O) groups excluding carboxylic acids is 1. The Bertz CT molecular complexity index is 294. The molecule has 0 heterocycles. The van der Waals surface area contributed by atoms with E-state index in [4.69, 9.17) is 4.74 Å². The molecule has 0 aromatic rings. The minimum atomic E-state index is -0.310. The highest BCUT2D eigenvalue weighted by atomic mass is 16.5. The molecule has 0 amide bonds. The average molecular weight is 322 g/mol. The fourth-order valence-electron chi connectivity index (χ4n) is 2.45.